The van der Waals surface area contributed by atoms with E-state index in [0.717, 1.165) is 20.9 Å². The van der Waals surface area contributed by atoms with E-state index in [2.05, 4.69) is 11.9 Å². The van der Waals surface area contributed by atoms with Gasteiger partial charge in [-0.25, -0.2) is 4.79 Å². The number of carbonyl (C=O) groups excluding carboxylic acids is 3. The summed E-state index contributed by atoms with van der Waals surface area (Å²) in [5.74, 6) is -1.98. The van der Waals surface area contributed by atoms with Crippen molar-refractivity contribution < 1.29 is 19.1 Å². The lowest BCUT2D eigenvalue weighted by molar-refractivity contribution is -0.139. The lowest BCUT2D eigenvalue weighted by atomic mass is 9.91. The fraction of sp³-hybridized carbons (Fsp3) is 0.136. The number of hydrogen-bond acceptors (Lipinski definition) is 5. The van der Waals surface area contributed by atoms with E-state index in [1.54, 1.807) is 11.8 Å². The zero-order valence-corrected chi connectivity index (χ0v) is 16.7. The van der Waals surface area contributed by atoms with Crippen LogP contribution in [-0.2, 0) is 19.1 Å². The van der Waals surface area contributed by atoms with E-state index in [0.29, 0.717) is 5.57 Å². The largest absolute Gasteiger partial charge is 0.460 e. The van der Waals surface area contributed by atoms with Gasteiger partial charge in [0.2, 0.25) is 0 Å². The summed E-state index contributed by atoms with van der Waals surface area (Å²) in [7, 11) is 0. The molecule has 7 heteroatoms. The minimum atomic E-state index is -0.826. The van der Waals surface area contributed by atoms with Crippen molar-refractivity contribution >= 4 is 35.1 Å². The van der Waals surface area contributed by atoms with E-state index in [1.165, 1.54) is 6.92 Å². The molecular weight excluding hydrogens is 388 g/mol. The van der Waals surface area contributed by atoms with Gasteiger partial charge in [0, 0.05) is 20.9 Å². The Morgan fingerprint density at radius 2 is 1.59 bits per heavy atom. The van der Waals surface area contributed by atoms with Crippen LogP contribution in [0.1, 0.15) is 18.1 Å². The Morgan fingerprint density at radius 1 is 1.03 bits per heavy atom. The maximum absolute atomic E-state index is 12.8. The summed E-state index contributed by atoms with van der Waals surface area (Å²) in [5, 5.41) is 2.61. The zero-order valence-electron chi connectivity index (χ0n) is 15.9. The number of fused-ring (bicyclic) bond motifs is 2. The molecule has 3 rings (SSSR count). The van der Waals surface area contributed by atoms with Crippen molar-refractivity contribution in [2.75, 3.05) is 13.2 Å². The van der Waals surface area contributed by atoms with E-state index in [-0.39, 0.29) is 24.3 Å². The quantitative estimate of drug-likeness (QED) is 0.215. The zero-order chi connectivity index (χ0) is 21.0. The maximum Gasteiger partial charge on any atom is 0.333 e. The standard InChI is InChI=1S/C22H20N2O4S/c1-13(2)22(27)28-12-11-24-21(26)19(20(23)25)18-14-7-3-5-9-16(14)29-17-10-6-4-8-15(17)18/h3-10H,1,11-12H2,2H3,(H2,23,25)(H,24,26). The predicted octanol–water partition coefficient (Wildman–Crippen LogP) is 2.67. The van der Waals surface area contributed by atoms with Gasteiger partial charge in [-0.15, -0.1) is 0 Å². The van der Waals surface area contributed by atoms with Gasteiger partial charge in [-0.05, 0) is 30.2 Å². The summed E-state index contributed by atoms with van der Waals surface area (Å²) < 4.78 is 4.96. The van der Waals surface area contributed by atoms with Crippen LogP contribution in [0.4, 0.5) is 0 Å². The highest BCUT2D eigenvalue weighted by molar-refractivity contribution is 7.99. The highest BCUT2D eigenvalue weighted by Gasteiger charge is 2.29. The third-order valence-electron chi connectivity index (χ3n) is 4.23. The Morgan fingerprint density at radius 3 is 2.10 bits per heavy atom. The highest BCUT2D eigenvalue weighted by atomic mass is 32.2. The molecule has 0 unspecified atom stereocenters. The van der Waals surface area contributed by atoms with Crippen molar-refractivity contribution in [3.8, 4) is 0 Å². The second-order valence-corrected chi connectivity index (χ2v) is 7.46. The molecule has 148 valence electrons. The van der Waals surface area contributed by atoms with Gasteiger partial charge < -0.3 is 15.8 Å². The Balaban J connectivity index is 1.95. The van der Waals surface area contributed by atoms with Crippen LogP contribution >= 0.6 is 11.8 Å². The number of nitrogens with two attached hydrogens (primary N) is 1. The molecule has 6 nitrogen and oxygen atoms in total. The molecule has 0 saturated carbocycles. The molecule has 0 aromatic heterocycles. The number of ether oxygens (including phenoxy) is 1. The van der Waals surface area contributed by atoms with Gasteiger partial charge in [0.1, 0.15) is 12.2 Å². The molecule has 0 fully saturated rings. The van der Waals surface area contributed by atoms with Gasteiger partial charge in [0.05, 0.1) is 6.54 Å². The lowest BCUT2D eigenvalue weighted by Crippen LogP contribution is -2.35. The first-order valence-electron chi connectivity index (χ1n) is 8.91. The molecule has 0 aliphatic carbocycles. The Bertz CT molecular complexity index is 995. The van der Waals surface area contributed by atoms with Crippen molar-refractivity contribution in [2.45, 2.75) is 16.7 Å². The number of benzene rings is 2. The Labute approximate surface area is 172 Å². The fourth-order valence-electron chi connectivity index (χ4n) is 2.93. The minimum Gasteiger partial charge on any atom is -0.460 e. The highest BCUT2D eigenvalue weighted by Crippen LogP contribution is 2.46. The summed E-state index contributed by atoms with van der Waals surface area (Å²) in [6.45, 7) is 5.03. The van der Waals surface area contributed by atoms with Crippen molar-refractivity contribution in [3.63, 3.8) is 0 Å². The number of rotatable bonds is 6. The average molecular weight is 408 g/mol. The first-order valence-corrected chi connectivity index (χ1v) is 9.73. The predicted molar refractivity (Wildman–Crippen MR) is 111 cm³/mol. The summed E-state index contributed by atoms with van der Waals surface area (Å²) in [4.78, 5) is 38.4. The smallest absolute Gasteiger partial charge is 0.333 e. The topological polar surface area (TPSA) is 98.5 Å². The van der Waals surface area contributed by atoms with E-state index < -0.39 is 17.8 Å². The van der Waals surface area contributed by atoms with Gasteiger partial charge >= 0.3 is 5.97 Å². The van der Waals surface area contributed by atoms with E-state index in [1.807, 2.05) is 48.5 Å². The molecule has 0 spiro atoms. The van der Waals surface area contributed by atoms with Crippen molar-refractivity contribution in [1.82, 2.24) is 5.32 Å². The molecule has 3 N–H and O–H groups in total. The SMILES string of the molecule is C=C(C)C(=O)OCCNC(=O)C(C(N)=O)=C1c2ccccc2Sc2ccccc21. The first-order chi connectivity index (χ1) is 13.9. The molecule has 29 heavy (non-hydrogen) atoms. The Hall–Kier alpha value is -3.32. The van der Waals surface area contributed by atoms with Crippen LogP contribution in [0.5, 0.6) is 0 Å². The molecule has 0 atom stereocenters. The number of esters is 1. The molecule has 2 aromatic rings. The van der Waals surface area contributed by atoms with Crippen LogP contribution in [0.15, 0.2) is 76.0 Å². The van der Waals surface area contributed by atoms with Gasteiger partial charge in [0.25, 0.3) is 11.8 Å². The summed E-state index contributed by atoms with van der Waals surface area (Å²) in [6.07, 6.45) is 0. The van der Waals surface area contributed by atoms with Crippen molar-refractivity contribution in [2.24, 2.45) is 5.73 Å². The number of carbonyl (C=O) groups is 3. The fourth-order valence-corrected chi connectivity index (χ4v) is 4.02. The molecule has 1 aliphatic heterocycles. The third-order valence-corrected chi connectivity index (χ3v) is 5.38. The van der Waals surface area contributed by atoms with Gasteiger partial charge in [-0.3, -0.25) is 9.59 Å². The number of primary amides is 1. The minimum absolute atomic E-state index is 0.0398. The molecule has 1 heterocycles. The second-order valence-electron chi connectivity index (χ2n) is 6.38. The molecular formula is C22H20N2O4S. The van der Waals surface area contributed by atoms with Crippen LogP contribution in [0, 0.1) is 0 Å². The van der Waals surface area contributed by atoms with Gasteiger partial charge in [0.15, 0.2) is 0 Å². The number of nitrogens with one attached hydrogen (secondary N) is 1. The summed E-state index contributed by atoms with van der Waals surface area (Å²) in [5.41, 5.74) is 7.80. The second kappa shape index (κ2) is 8.79. The van der Waals surface area contributed by atoms with Crippen LogP contribution in [-0.4, -0.2) is 30.9 Å². The monoisotopic (exact) mass is 408 g/mol. The summed E-state index contributed by atoms with van der Waals surface area (Å²) in [6, 6.07) is 15.1. The molecule has 1 aliphatic rings. The number of amides is 2. The average Bonchev–Trinajstić information content (AvgIpc) is 2.70. The molecule has 0 bridgehead atoms. The summed E-state index contributed by atoms with van der Waals surface area (Å²) >= 11 is 1.57. The van der Waals surface area contributed by atoms with E-state index >= 15 is 0 Å². The molecule has 2 amide bonds. The Kier molecular flexibility index (Phi) is 6.19. The van der Waals surface area contributed by atoms with Crippen LogP contribution in [0.3, 0.4) is 0 Å². The van der Waals surface area contributed by atoms with Crippen molar-refractivity contribution in [1.29, 1.82) is 0 Å². The molecule has 0 radical (unpaired) electrons. The normalized spacial score (nSPS) is 11.7. The van der Waals surface area contributed by atoms with Crippen LogP contribution in [0.2, 0.25) is 0 Å². The molecule has 0 saturated heterocycles. The van der Waals surface area contributed by atoms with E-state index in [9.17, 15) is 14.4 Å². The van der Waals surface area contributed by atoms with Gasteiger partial charge in [-0.1, -0.05) is 54.7 Å². The number of hydrogen-bond donors (Lipinski definition) is 2. The van der Waals surface area contributed by atoms with E-state index in [4.69, 9.17) is 10.5 Å². The van der Waals surface area contributed by atoms with Crippen molar-refractivity contribution in [3.05, 3.63) is 77.4 Å². The molecule has 2 aromatic carbocycles. The van der Waals surface area contributed by atoms with Crippen LogP contribution < -0.4 is 11.1 Å². The van der Waals surface area contributed by atoms with Gasteiger partial charge in [-0.2, -0.15) is 0 Å². The van der Waals surface area contributed by atoms with Crippen LogP contribution in [0.25, 0.3) is 5.57 Å². The first kappa shape index (κ1) is 20.4. The third kappa shape index (κ3) is 4.41. The lowest BCUT2D eigenvalue weighted by Gasteiger charge is -2.23. The maximum atomic E-state index is 12.8.